The number of carboxylic acid groups (broad SMARTS) is 1. The average Bonchev–Trinajstić information content (AvgIpc) is 3.10. The van der Waals surface area contributed by atoms with Crippen molar-refractivity contribution in [3.8, 4) is 5.75 Å². The topological polar surface area (TPSA) is 102 Å². The van der Waals surface area contributed by atoms with Crippen LogP contribution in [0.2, 0.25) is 0 Å². The molecular formula is C24H29NO6S. The zero-order valence-electron chi connectivity index (χ0n) is 18.6. The van der Waals surface area contributed by atoms with Gasteiger partial charge in [0, 0.05) is 11.3 Å². The zero-order chi connectivity index (χ0) is 23.3. The van der Waals surface area contributed by atoms with Gasteiger partial charge in [0.1, 0.15) is 10.8 Å². The number of carbonyl (C=O) groups is 3. The van der Waals surface area contributed by atoms with E-state index in [4.69, 9.17) is 9.47 Å². The summed E-state index contributed by atoms with van der Waals surface area (Å²) in [7, 11) is 0. The van der Waals surface area contributed by atoms with E-state index in [1.54, 1.807) is 31.2 Å². The molecule has 1 aromatic carbocycles. The van der Waals surface area contributed by atoms with Gasteiger partial charge in [-0.15, -0.1) is 11.3 Å². The number of hydrogen-bond acceptors (Lipinski definition) is 6. The number of ether oxygens (including phenoxy) is 2. The number of esters is 1. The van der Waals surface area contributed by atoms with E-state index >= 15 is 0 Å². The molecule has 8 heteroatoms. The number of hydrogen-bond donors (Lipinski definition) is 2. The molecule has 3 rings (SSSR count). The maximum atomic E-state index is 12.8. The van der Waals surface area contributed by atoms with Gasteiger partial charge in [-0.05, 0) is 69.7 Å². The molecular weight excluding hydrogens is 430 g/mol. The second kappa shape index (κ2) is 10.6. The number of nitrogens with one attached hydrogen (secondary N) is 1. The summed E-state index contributed by atoms with van der Waals surface area (Å²) in [6.45, 7) is 5.80. The third kappa shape index (κ3) is 5.68. The van der Waals surface area contributed by atoms with Gasteiger partial charge in [0.25, 0.3) is 0 Å². The highest BCUT2D eigenvalue weighted by Crippen LogP contribution is 2.39. The number of benzene rings is 1. The molecule has 1 heterocycles. The molecule has 0 saturated carbocycles. The van der Waals surface area contributed by atoms with Crippen molar-refractivity contribution in [2.24, 2.45) is 0 Å². The fourth-order valence-corrected chi connectivity index (χ4v) is 5.13. The third-order valence-electron chi connectivity index (χ3n) is 5.25. The van der Waals surface area contributed by atoms with Crippen LogP contribution in [0.15, 0.2) is 24.3 Å². The van der Waals surface area contributed by atoms with Crippen molar-refractivity contribution in [3.63, 3.8) is 0 Å². The minimum absolute atomic E-state index is 0.00659. The lowest BCUT2D eigenvalue weighted by molar-refractivity contribution is -0.140. The summed E-state index contributed by atoms with van der Waals surface area (Å²) < 4.78 is 10.8. The molecule has 2 N–H and O–H groups in total. The number of amides is 1. The van der Waals surface area contributed by atoms with Crippen molar-refractivity contribution in [2.75, 3.05) is 11.9 Å². The molecule has 0 spiro atoms. The SMILES string of the molecule is CCOC(=O)c1c(NC(=O)CC(C(=O)O)c2ccc(OC(C)C)cc2)sc2c1CCCC2. The molecule has 7 nitrogen and oxygen atoms in total. The van der Waals surface area contributed by atoms with Crippen LogP contribution in [0.1, 0.15) is 72.3 Å². The lowest BCUT2D eigenvalue weighted by Crippen LogP contribution is -2.21. The standard InChI is InChI=1S/C24H29NO6S/c1-4-30-24(29)21-17-7-5-6-8-19(17)32-22(21)25-20(26)13-18(23(27)28)15-9-11-16(12-10-15)31-14(2)3/h9-12,14,18H,4-8,13H2,1-3H3,(H,25,26)(H,27,28). The molecule has 1 unspecified atom stereocenters. The van der Waals surface area contributed by atoms with Crippen LogP contribution in [-0.2, 0) is 27.2 Å². The minimum atomic E-state index is -1.09. The Morgan fingerprint density at radius 1 is 1.12 bits per heavy atom. The number of rotatable bonds is 9. The van der Waals surface area contributed by atoms with Gasteiger partial charge in [-0.2, -0.15) is 0 Å². The highest BCUT2D eigenvalue weighted by Gasteiger charge is 2.29. The van der Waals surface area contributed by atoms with E-state index in [9.17, 15) is 19.5 Å². The van der Waals surface area contributed by atoms with Gasteiger partial charge in [0.2, 0.25) is 5.91 Å². The Kier molecular flexibility index (Phi) is 7.90. The lowest BCUT2D eigenvalue weighted by Gasteiger charge is -2.15. The van der Waals surface area contributed by atoms with Crippen LogP contribution < -0.4 is 10.1 Å². The van der Waals surface area contributed by atoms with Gasteiger partial charge in [-0.3, -0.25) is 9.59 Å². The molecule has 2 aromatic rings. The Balaban J connectivity index is 1.78. The van der Waals surface area contributed by atoms with Gasteiger partial charge in [0.15, 0.2) is 0 Å². The first-order chi connectivity index (χ1) is 15.3. The molecule has 1 atom stereocenters. The lowest BCUT2D eigenvalue weighted by atomic mass is 9.94. The molecule has 172 valence electrons. The predicted molar refractivity (Wildman–Crippen MR) is 123 cm³/mol. The van der Waals surface area contributed by atoms with Crippen molar-refractivity contribution < 1.29 is 29.0 Å². The predicted octanol–water partition coefficient (Wildman–Crippen LogP) is 4.79. The molecule has 0 aliphatic heterocycles. The number of aryl methyl sites for hydroxylation is 1. The summed E-state index contributed by atoms with van der Waals surface area (Å²) in [6.07, 6.45) is 3.43. The molecule has 1 aliphatic carbocycles. The third-order valence-corrected chi connectivity index (χ3v) is 6.45. The van der Waals surface area contributed by atoms with E-state index in [0.717, 1.165) is 36.1 Å². The number of aliphatic carboxylic acids is 1. The van der Waals surface area contributed by atoms with Crippen molar-refractivity contribution >= 4 is 34.2 Å². The van der Waals surface area contributed by atoms with E-state index in [0.29, 0.717) is 21.9 Å². The van der Waals surface area contributed by atoms with E-state index in [2.05, 4.69) is 5.32 Å². The fourth-order valence-electron chi connectivity index (χ4n) is 3.83. The summed E-state index contributed by atoms with van der Waals surface area (Å²) in [6, 6.07) is 6.74. The normalized spacial score (nSPS) is 13.9. The Morgan fingerprint density at radius 3 is 2.44 bits per heavy atom. The van der Waals surface area contributed by atoms with Gasteiger partial charge in [-0.25, -0.2) is 4.79 Å². The molecule has 0 bridgehead atoms. The molecule has 1 aromatic heterocycles. The summed E-state index contributed by atoms with van der Waals surface area (Å²) in [5, 5.41) is 13.0. The summed E-state index contributed by atoms with van der Waals surface area (Å²) in [5.74, 6) is -2.36. The van der Waals surface area contributed by atoms with Crippen LogP contribution in [0.3, 0.4) is 0 Å². The zero-order valence-corrected chi connectivity index (χ0v) is 19.4. The number of thiophene rings is 1. The van der Waals surface area contributed by atoms with Gasteiger partial charge in [-0.1, -0.05) is 12.1 Å². The Morgan fingerprint density at radius 2 is 1.81 bits per heavy atom. The van der Waals surface area contributed by atoms with E-state index in [1.165, 1.54) is 11.3 Å². The Bertz CT molecular complexity index is 979. The van der Waals surface area contributed by atoms with E-state index in [-0.39, 0.29) is 19.1 Å². The number of fused-ring (bicyclic) bond motifs is 1. The summed E-state index contributed by atoms with van der Waals surface area (Å²) >= 11 is 1.39. The smallest absolute Gasteiger partial charge is 0.341 e. The first kappa shape index (κ1) is 23.8. The van der Waals surface area contributed by atoms with Gasteiger partial charge < -0.3 is 19.9 Å². The van der Waals surface area contributed by atoms with Crippen LogP contribution in [0, 0.1) is 0 Å². The largest absolute Gasteiger partial charge is 0.491 e. The van der Waals surface area contributed by atoms with Crippen molar-refractivity contribution in [1.29, 1.82) is 0 Å². The fraction of sp³-hybridized carbons (Fsp3) is 0.458. The van der Waals surface area contributed by atoms with Gasteiger partial charge in [0.05, 0.1) is 24.2 Å². The van der Waals surface area contributed by atoms with Crippen molar-refractivity contribution in [3.05, 3.63) is 45.8 Å². The second-order valence-corrected chi connectivity index (χ2v) is 9.12. The average molecular weight is 460 g/mol. The molecule has 1 aliphatic rings. The van der Waals surface area contributed by atoms with Crippen LogP contribution in [-0.4, -0.2) is 35.7 Å². The Labute approximate surface area is 191 Å². The molecule has 1 amide bonds. The number of anilines is 1. The van der Waals surface area contributed by atoms with Crippen LogP contribution in [0.25, 0.3) is 0 Å². The molecule has 0 fully saturated rings. The number of carboxylic acids is 1. The Hall–Kier alpha value is -2.87. The maximum Gasteiger partial charge on any atom is 0.341 e. The first-order valence-electron chi connectivity index (χ1n) is 10.9. The van der Waals surface area contributed by atoms with Crippen LogP contribution in [0.5, 0.6) is 5.75 Å². The summed E-state index contributed by atoms with van der Waals surface area (Å²) in [4.78, 5) is 38.4. The number of carbonyl (C=O) groups excluding carboxylic acids is 2. The summed E-state index contributed by atoms with van der Waals surface area (Å²) in [5.41, 5.74) is 1.88. The molecule has 32 heavy (non-hydrogen) atoms. The quantitative estimate of drug-likeness (QED) is 0.523. The first-order valence-corrected chi connectivity index (χ1v) is 11.7. The molecule has 0 saturated heterocycles. The van der Waals surface area contributed by atoms with E-state index < -0.39 is 23.8 Å². The van der Waals surface area contributed by atoms with Crippen LogP contribution in [0.4, 0.5) is 5.00 Å². The van der Waals surface area contributed by atoms with Crippen molar-refractivity contribution in [1.82, 2.24) is 0 Å². The highest BCUT2D eigenvalue weighted by atomic mass is 32.1. The maximum absolute atomic E-state index is 12.8. The monoisotopic (exact) mass is 459 g/mol. The minimum Gasteiger partial charge on any atom is -0.491 e. The molecule has 0 radical (unpaired) electrons. The van der Waals surface area contributed by atoms with Crippen LogP contribution >= 0.6 is 11.3 Å². The second-order valence-electron chi connectivity index (χ2n) is 8.01. The van der Waals surface area contributed by atoms with Crippen molar-refractivity contribution in [2.45, 2.75) is 64.9 Å². The highest BCUT2D eigenvalue weighted by molar-refractivity contribution is 7.17. The van der Waals surface area contributed by atoms with E-state index in [1.807, 2.05) is 13.8 Å². The van der Waals surface area contributed by atoms with Gasteiger partial charge >= 0.3 is 11.9 Å².